The van der Waals surface area contributed by atoms with E-state index in [0.29, 0.717) is 17.1 Å². The van der Waals surface area contributed by atoms with Crippen molar-refractivity contribution in [3.63, 3.8) is 0 Å². The summed E-state index contributed by atoms with van der Waals surface area (Å²) in [6.07, 6.45) is -3.57. The van der Waals surface area contributed by atoms with Crippen molar-refractivity contribution >= 4 is 0 Å². The summed E-state index contributed by atoms with van der Waals surface area (Å²) in [5.41, 5.74) is 2.88. The van der Waals surface area contributed by atoms with Gasteiger partial charge in [-0.2, -0.15) is 13.2 Å². The predicted octanol–water partition coefficient (Wildman–Crippen LogP) is 5.48. The van der Waals surface area contributed by atoms with Crippen molar-refractivity contribution in [1.82, 2.24) is 9.55 Å². The zero-order valence-electron chi connectivity index (χ0n) is 13.6. The minimum Gasteiger partial charge on any atom is -0.288 e. The minimum atomic E-state index is -4.48. The lowest BCUT2D eigenvalue weighted by Crippen LogP contribution is -2.15. The van der Waals surface area contributed by atoms with Crippen LogP contribution in [0.3, 0.4) is 0 Å². The number of imidazole rings is 1. The maximum Gasteiger partial charge on any atom is 0.433 e. The summed E-state index contributed by atoms with van der Waals surface area (Å²) in [5, 5.41) is 0. The molecular weight excluding hydrogens is 313 g/mol. The number of aryl methyl sites for hydroxylation is 3. The lowest BCUT2D eigenvalue weighted by atomic mass is 10.1. The molecule has 2 nitrogen and oxygen atoms in total. The van der Waals surface area contributed by atoms with Gasteiger partial charge in [0, 0.05) is 5.56 Å². The molecule has 3 rings (SSSR count). The van der Waals surface area contributed by atoms with Crippen LogP contribution >= 0.6 is 0 Å². The van der Waals surface area contributed by atoms with Crippen LogP contribution < -0.4 is 0 Å². The zero-order chi connectivity index (χ0) is 17.5. The molecule has 0 fully saturated rings. The molecule has 0 saturated heterocycles. The summed E-state index contributed by atoms with van der Waals surface area (Å²) in [4.78, 5) is 4.12. The molecule has 0 radical (unpaired) electrons. The Morgan fingerprint density at radius 1 is 0.833 bits per heavy atom. The van der Waals surface area contributed by atoms with E-state index in [1.54, 1.807) is 12.1 Å². The Kier molecular flexibility index (Phi) is 3.95. The van der Waals surface area contributed by atoms with Crippen LogP contribution in [0.2, 0.25) is 0 Å². The molecule has 0 saturated carbocycles. The smallest absolute Gasteiger partial charge is 0.288 e. The molecular formula is C19H17F3N2. The van der Waals surface area contributed by atoms with Crippen molar-refractivity contribution in [2.24, 2.45) is 0 Å². The highest BCUT2D eigenvalue weighted by atomic mass is 19.4. The summed E-state index contributed by atoms with van der Waals surface area (Å²) in [5.74, 6) is 0.304. The maximum absolute atomic E-state index is 13.6. The Balaban J connectivity index is 2.39. The number of alkyl halides is 3. The molecule has 0 amide bonds. The molecule has 0 unspecified atom stereocenters. The second-order valence-corrected chi connectivity index (χ2v) is 5.86. The van der Waals surface area contributed by atoms with E-state index in [4.69, 9.17) is 0 Å². The zero-order valence-corrected chi connectivity index (χ0v) is 13.6. The topological polar surface area (TPSA) is 17.8 Å². The fourth-order valence-electron chi connectivity index (χ4n) is 2.95. The summed E-state index contributed by atoms with van der Waals surface area (Å²) in [6, 6.07) is 12.8. The van der Waals surface area contributed by atoms with Gasteiger partial charge in [0.1, 0.15) is 11.5 Å². The van der Waals surface area contributed by atoms with Crippen molar-refractivity contribution in [3.05, 3.63) is 71.0 Å². The molecule has 2 aromatic carbocycles. The highest BCUT2D eigenvalue weighted by Gasteiger charge is 2.37. The number of halogens is 3. The average Bonchev–Trinajstić information content (AvgIpc) is 2.92. The number of nitrogens with zero attached hydrogens (tertiary/aromatic N) is 2. The summed E-state index contributed by atoms with van der Waals surface area (Å²) in [6.45, 7) is 5.49. The predicted molar refractivity (Wildman–Crippen MR) is 88.2 cm³/mol. The Bertz CT molecular complexity index is 872. The van der Waals surface area contributed by atoms with E-state index in [0.717, 1.165) is 22.9 Å². The summed E-state index contributed by atoms with van der Waals surface area (Å²) >= 11 is 0. The van der Waals surface area contributed by atoms with Crippen LogP contribution in [0.25, 0.3) is 17.1 Å². The Labute approximate surface area is 138 Å². The normalized spacial score (nSPS) is 11.8. The number of benzene rings is 2. The first kappa shape index (κ1) is 16.3. The van der Waals surface area contributed by atoms with Crippen LogP contribution in [-0.2, 0) is 6.18 Å². The van der Waals surface area contributed by atoms with Crippen molar-refractivity contribution in [2.75, 3.05) is 0 Å². The summed E-state index contributed by atoms with van der Waals surface area (Å²) in [7, 11) is 0. The first-order valence-corrected chi connectivity index (χ1v) is 7.58. The molecule has 0 aliphatic heterocycles. The van der Waals surface area contributed by atoms with Gasteiger partial charge in [0.15, 0.2) is 0 Å². The third-order valence-electron chi connectivity index (χ3n) is 4.10. The molecule has 0 aliphatic rings. The average molecular weight is 330 g/mol. The lowest BCUT2D eigenvalue weighted by Gasteiger charge is -2.19. The molecule has 0 spiro atoms. The molecule has 0 N–H and O–H groups in total. The van der Waals surface area contributed by atoms with E-state index >= 15 is 0 Å². The van der Waals surface area contributed by atoms with Gasteiger partial charge in [0.25, 0.3) is 0 Å². The fourth-order valence-corrected chi connectivity index (χ4v) is 2.95. The Hall–Kier alpha value is -2.56. The van der Waals surface area contributed by atoms with Gasteiger partial charge in [0.05, 0.1) is 11.9 Å². The van der Waals surface area contributed by atoms with Gasteiger partial charge in [-0.3, -0.25) is 4.57 Å². The van der Waals surface area contributed by atoms with E-state index in [-0.39, 0.29) is 0 Å². The monoisotopic (exact) mass is 330 g/mol. The second kappa shape index (κ2) is 5.82. The van der Waals surface area contributed by atoms with Gasteiger partial charge < -0.3 is 0 Å². The van der Waals surface area contributed by atoms with Crippen LogP contribution in [0.4, 0.5) is 13.2 Å². The highest BCUT2D eigenvalue weighted by Crippen LogP contribution is 2.37. The second-order valence-electron chi connectivity index (χ2n) is 5.86. The maximum atomic E-state index is 13.6. The van der Waals surface area contributed by atoms with Crippen LogP contribution in [0.15, 0.2) is 48.7 Å². The van der Waals surface area contributed by atoms with Crippen molar-refractivity contribution < 1.29 is 13.2 Å². The molecule has 24 heavy (non-hydrogen) atoms. The van der Waals surface area contributed by atoms with E-state index in [9.17, 15) is 13.2 Å². The van der Waals surface area contributed by atoms with Gasteiger partial charge in [-0.15, -0.1) is 0 Å². The van der Waals surface area contributed by atoms with Crippen molar-refractivity contribution in [1.29, 1.82) is 0 Å². The van der Waals surface area contributed by atoms with E-state index in [2.05, 4.69) is 4.98 Å². The van der Waals surface area contributed by atoms with Gasteiger partial charge >= 0.3 is 6.18 Å². The molecule has 3 aromatic rings. The van der Waals surface area contributed by atoms with Crippen LogP contribution in [-0.4, -0.2) is 9.55 Å². The van der Waals surface area contributed by atoms with Crippen LogP contribution in [0, 0.1) is 20.8 Å². The SMILES string of the molecule is Cc1ccccc1-c1ncc(C(F)(F)F)n1-c1c(C)cccc1C. The van der Waals surface area contributed by atoms with Gasteiger partial charge in [-0.05, 0) is 37.5 Å². The van der Waals surface area contributed by atoms with E-state index in [1.807, 2.05) is 51.1 Å². The molecule has 0 aliphatic carbocycles. The standard InChI is InChI=1S/C19H17F3N2/c1-12-7-4-5-10-15(12)18-23-11-16(19(20,21)22)24(18)17-13(2)8-6-9-14(17)3/h4-11H,1-3H3. The fraction of sp³-hybridized carbons (Fsp3) is 0.211. The van der Waals surface area contributed by atoms with Crippen molar-refractivity contribution in [3.8, 4) is 17.1 Å². The van der Waals surface area contributed by atoms with Gasteiger partial charge in [-0.25, -0.2) is 4.98 Å². The van der Waals surface area contributed by atoms with Crippen LogP contribution in [0.1, 0.15) is 22.4 Å². The molecule has 0 bridgehead atoms. The van der Waals surface area contributed by atoms with E-state index < -0.39 is 11.9 Å². The number of rotatable bonds is 2. The molecule has 0 atom stereocenters. The van der Waals surface area contributed by atoms with Gasteiger partial charge in [0.2, 0.25) is 0 Å². The molecule has 1 heterocycles. The summed E-state index contributed by atoms with van der Waals surface area (Å²) < 4.78 is 41.9. The molecule has 1 aromatic heterocycles. The lowest BCUT2D eigenvalue weighted by molar-refractivity contribution is -0.142. The third-order valence-corrected chi connectivity index (χ3v) is 4.10. The van der Waals surface area contributed by atoms with Crippen LogP contribution in [0.5, 0.6) is 0 Å². The number of hydrogen-bond donors (Lipinski definition) is 0. The number of para-hydroxylation sites is 1. The van der Waals surface area contributed by atoms with E-state index in [1.165, 1.54) is 4.57 Å². The largest absolute Gasteiger partial charge is 0.433 e. The number of hydrogen-bond acceptors (Lipinski definition) is 1. The first-order chi connectivity index (χ1) is 11.3. The highest BCUT2D eigenvalue weighted by molar-refractivity contribution is 5.65. The quantitative estimate of drug-likeness (QED) is 0.608. The Morgan fingerprint density at radius 2 is 1.42 bits per heavy atom. The first-order valence-electron chi connectivity index (χ1n) is 7.58. The van der Waals surface area contributed by atoms with Crippen molar-refractivity contribution in [2.45, 2.75) is 26.9 Å². The molecule has 5 heteroatoms. The molecule has 124 valence electrons. The van der Waals surface area contributed by atoms with Gasteiger partial charge in [-0.1, -0.05) is 42.5 Å². The number of aromatic nitrogens is 2. The Morgan fingerprint density at radius 3 is 2.00 bits per heavy atom. The third kappa shape index (κ3) is 2.70. The minimum absolute atomic E-state index is 0.304.